The number of allylic oxidation sites excluding steroid dienone is 1. The van der Waals surface area contributed by atoms with Gasteiger partial charge in [-0.1, -0.05) is 78.9 Å². The SMILES string of the molecule is CC(C)(C)OC(=O)Cc1cccc2c1CC(=O)CC2.CC(C)(C)OC(=O)Cc1cccc2c1C[C@H](O)CC2.Nc1cccc2c1C[C@H](O)CC2.O=C(/C=C1\CCOc2cc(C(F)(F)F)ccc21)Cc1cccc2c1C[C@H](O)CC2.O=C(O)/C=C1\CCOc2cc(C(F)(F)F)ccc21. The molecular weight excluding hydrogens is 1260 g/mol. The molecule has 0 spiro atoms. The molecule has 20 heteroatoms. The van der Waals surface area contributed by atoms with Crippen molar-refractivity contribution in [3.63, 3.8) is 0 Å². The van der Waals surface area contributed by atoms with Crippen LogP contribution >= 0.6 is 0 Å². The van der Waals surface area contributed by atoms with Crippen molar-refractivity contribution in [3.8, 4) is 11.5 Å². The zero-order chi connectivity index (χ0) is 70.6. The predicted molar refractivity (Wildman–Crippen MR) is 356 cm³/mol. The number of aliphatic hydroxyl groups excluding tert-OH is 3. The van der Waals surface area contributed by atoms with Crippen molar-refractivity contribution < 1.29 is 89.7 Å². The fourth-order valence-corrected chi connectivity index (χ4v) is 12.6. The van der Waals surface area contributed by atoms with Gasteiger partial charge in [-0.15, -0.1) is 0 Å². The number of nitrogen functional groups attached to an aromatic ring is 1. The zero-order valence-electron chi connectivity index (χ0n) is 55.5. The number of carbonyl (C=O) groups excluding carboxylic acids is 4. The summed E-state index contributed by atoms with van der Waals surface area (Å²) >= 11 is 0. The van der Waals surface area contributed by atoms with E-state index in [9.17, 15) is 65.6 Å². The first-order chi connectivity index (χ1) is 45.7. The molecule has 2 heterocycles. The lowest BCUT2D eigenvalue weighted by Crippen LogP contribution is -2.26. The molecule has 0 aromatic heterocycles. The number of benzene rings is 6. The van der Waals surface area contributed by atoms with Crippen molar-refractivity contribution in [1.82, 2.24) is 0 Å². The molecule has 2 aliphatic heterocycles. The molecule has 0 saturated heterocycles. The molecule has 0 radical (unpaired) electrons. The van der Waals surface area contributed by atoms with Crippen LogP contribution in [0.4, 0.5) is 32.0 Å². The summed E-state index contributed by atoms with van der Waals surface area (Å²) < 4.78 is 97.5. The number of nitrogens with two attached hydrogens (primary N) is 1. The summed E-state index contributed by atoms with van der Waals surface area (Å²) in [5.41, 5.74) is 18.3. The number of aliphatic hydroxyl groups is 3. The van der Waals surface area contributed by atoms with Gasteiger partial charge in [-0.25, -0.2) is 4.79 Å². The quantitative estimate of drug-likeness (QED) is 0.0413. The van der Waals surface area contributed by atoms with Crippen LogP contribution in [0.3, 0.4) is 0 Å². The number of esters is 2. The molecular formula is C77H85F6NO13. The molecule has 12 rings (SSSR count). The van der Waals surface area contributed by atoms with Gasteiger partial charge < -0.3 is 45.1 Å². The van der Waals surface area contributed by atoms with Gasteiger partial charge in [0.05, 0.1) is 55.5 Å². The van der Waals surface area contributed by atoms with Crippen molar-refractivity contribution in [1.29, 1.82) is 0 Å². The van der Waals surface area contributed by atoms with Crippen molar-refractivity contribution >= 4 is 46.3 Å². The minimum Gasteiger partial charge on any atom is -0.493 e. The van der Waals surface area contributed by atoms with E-state index in [1.54, 1.807) is 0 Å². The lowest BCUT2D eigenvalue weighted by Gasteiger charge is -2.24. The Morgan fingerprint density at radius 1 is 0.505 bits per heavy atom. The molecule has 6 aliphatic rings. The highest BCUT2D eigenvalue weighted by atomic mass is 19.4. The summed E-state index contributed by atoms with van der Waals surface area (Å²) in [7, 11) is 0. The number of Topliss-reactive ketones (excluding diaryl/α,β-unsaturated/α-hetero) is 1. The van der Waals surface area contributed by atoms with Crippen LogP contribution < -0.4 is 15.2 Å². The molecule has 6 N–H and O–H groups in total. The Balaban J connectivity index is 0.000000159. The maximum Gasteiger partial charge on any atom is 0.416 e. The first-order valence-electron chi connectivity index (χ1n) is 32.7. The monoisotopic (exact) mass is 1350 g/mol. The summed E-state index contributed by atoms with van der Waals surface area (Å²) in [4.78, 5) is 58.7. The van der Waals surface area contributed by atoms with Gasteiger partial charge in [0.1, 0.15) is 28.5 Å². The number of carboxylic acid groups (broad SMARTS) is 1. The van der Waals surface area contributed by atoms with E-state index < -0.39 is 40.7 Å². The van der Waals surface area contributed by atoms with E-state index in [0.29, 0.717) is 60.8 Å². The number of hydrogen-bond donors (Lipinski definition) is 5. The summed E-state index contributed by atoms with van der Waals surface area (Å²) in [6.07, 6.45) is 3.17. The third-order valence-corrected chi connectivity index (χ3v) is 17.1. The fraction of sp³-hybridized carbons (Fsp3) is 0.416. The number of ether oxygens (including phenoxy) is 4. The molecule has 0 saturated carbocycles. The van der Waals surface area contributed by atoms with Gasteiger partial charge in [0.25, 0.3) is 0 Å². The highest BCUT2D eigenvalue weighted by molar-refractivity contribution is 5.99. The van der Waals surface area contributed by atoms with E-state index in [1.165, 1.54) is 40.5 Å². The Kier molecular flexibility index (Phi) is 24.6. The molecule has 97 heavy (non-hydrogen) atoms. The Morgan fingerprint density at radius 3 is 1.33 bits per heavy atom. The summed E-state index contributed by atoms with van der Waals surface area (Å²) in [6.45, 7) is 11.6. The number of carboxylic acids is 1. The first-order valence-corrected chi connectivity index (χ1v) is 32.7. The maximum atomic E-state index is 12.9. The number of carbonyl (C=O) groups is 5. The number of rotatable bonds is 8. The summed E-state index contributed by atoms with van der Waals surface area (Å²) in [6, 6.07) is 30.2. The molecule has 14 nitrogen and oxygen atoms in total. The van der Waals surface area contributed by atoms with Crippen LogP contribution in [0.1, 0.15) is 164 Å². The van der Waals surface area contributed by atoms with Gasteiger partial charge in [-0.3, -0.25) is 19.2 Å². The van der Waals surface area contributed by atoms with E-state index in [0.717, 1.165) is 126 Å². The minimum atomic E-state index is -4.44. The largest absolute Gasteiger partial charge is 0.493 e. The molecule has 0 bridgehead atoms. The second-order valence-corrected chi connectivity index (χ2v) is 27.0. The van der Waals surface area contributed by atoms with E-state index in [1.807, 2.05) is 102 Å². The van der Waals surface area contributed by atoms with Crippen LogP contribution in [0, 0.1) is 0 Å². The number of ketones is 2. The van der Waals surface area contributed by atoms with Gasteiger partial charge in [-0.05, 0) is 208 Å². The van der Waals surface area contributed by atoms with Crippen LogP contribution in [0.25, 0.3) is 11.1 Å². The normalized spacial score (nSPS) is 18.5. The van der Waals surface area contributed by atoms with Crippen LogP contribution in [0.15, 0.2) is 121 Å². The highest BCUT2D eigenvalue weighted by Gasteiger charge is 2.34. The molecule has 0 amide bonds. The van der Waals surface area contributed by atoms with Crippen LogP contribution in [0.5, 0.6) is 11.5 Å². The summed E-state index contributed by atoms with van der Waals surface area (Å²) in [5, 5.41) is 37.9. The van der Waals surface area contributed by atoms with E-state index in [4.69, 9.17) is 29.8 Å². The van der Waals surface area contributed by atoms with E-state index in [2.05, 4.69) is 12.1 Å². The number of alkyl halides is 6. The Labute approximate surface area is 561 Å². The van der Waals surface area contributed by atoms with Crippen molar-refractivity contribution in [3.05, 3.63) is 205 Å². The van der Waals surface area contributed by atoms with Crippen molar-refractivity contribution in [2.45, 2.75) is 193 Å². The second kappa shape index (κ2) is 32.2. The van der Waals surface area contributed by atoms with E-state index >= 15 is 0 Å². The highest BCUT2D eigenvalue weighted by Crippen LogP contribution is 2.41. The molecule has 0 unspecified atom stereocenters. The standard InChI is InChI=1S/C23H21F3O3.C16H22O3.C16H20O3.C12H9F3O3.C10H13NO/c24-23(25,26)17-5-7-20-16(8-9-29-22(20)12-17)11-19(28)10-15-3-1-2-14-4-6-18(27)13-21(14)15;2*1-16(2,3)19-15(18)9-12-6-4-5-11-7-8-13(17)10-14(11)12;13-12(14,15)8-1-2-9-7(5-11(16)17)3-4-18-10(9)6-8;11-10-3-1-2-7-4-5-8(12)6-9(7)10/h1-3,5,7,11-12,18,27H,4,6,8-10,13H2;4-6,13,17H,7-10H2,1-3H3;4-6H,7-10H2,1-3H3;1-2,5-6H,3-4H2,(H,16,17);1-3,8,12H,4-6,11H2/b16-11+;;;7-5+;/t18-;13-;;;8-/m11..1/s1. The Morgan fingerprint density at radius 2 is 0.897 bits per heavy atom. The number of halogens is 6. The number of fused-ring (bicyclic) bond motifs is 6. The number of aliphatic carboxylic acids is 1. The fourth-order valence-electron chi connectivity index (χ4n) is 12.6. The lowest BCUT2D eigenvalue weighted by atomic mass is 9.85. The molecule has 4 aliphatic carbocycles. The molecule has 3 atom stereocenters. The number of anilines is 1. The van der Waals surface area contributed by atoms with Gasteiger partial charge in [0.15, 0.2) is 5.78 Å². The zero-order valence-corrected chi connectivity index (χ0v) is 55.5. The van der Waals surface area contributed by atoms with Crippen molar-refractivity contribution in [2.24, 2.45) is 0 Å². The molecule has 0 fully saturated rings. The molecule has 518 valence electrons. The number of hydrogen-bond acceptors (Lipinski definition) is 13. The van der Waals surface area contributed by atoms with Crippen LogP contribution in [-0.2, 0) is 116 Å². The Hall–Kier alpha value is -8.59. The average Bonchev–Trinajstić information content (AvgIpc) is 0.854. The maximum absolute atomic E-state index is 12.9. The minimum absolute atomic E-state index is 0.0728. The summed E-state index contributed by atoms with van der Waals surface area (Å²) in [5.74, 6) is -1.20. The number of aryl methyl sites for hydroxylation is 4. The predicted octanol–water partition coefficient (Wildman–Crippen LogP) is 13.7. The smallest absolute Gasteiger partial charge is 0.416 e. The third-order valence-electron chi connectivity index (χ3n) is 17.1. The van der Waals surface area contributed by atoms with E-state index in [-0.39, 0.29) is 85.8 Å². The molecule has 6 aromatic rings. The third kappa shape index (κ3) is 21.7. The van der Waals surface area contributed by atoms with Gasteiger partial charge in [0.2, 0.25) is 0 Å². The van der Waals surface area contributed by atoms with Gasteiger partial charge in [0, 0.05) is 61.4 Å². The first kappa shape index (κ1) is 74.2. The van der Waals surface area contributed by atoms with Gasteiger partial charge in [-0.2, -0.15) is 26.3 Å². The Bertz CT molecular complexity index is 3910. The van der Waals surface area contributed by atoms with Crippen molar-refractivity contribution in [2.75, 3.05) is 18.9 Å². The van der Waals surface area contributed by atoms with Gasteiger partial charge >= 0.3 is 30.3 Å². The van der Waals surface area contributed by atoms with Crippen LogP contribution in [0.2, 0.25) is 0 Å². The average molecular weight is 1350 g/mol. The second-order valence-electron chi connectivity index (χ2n) is 27.0. The lowest BCUT2D eigenvalue weighted by molar-refractivity contribution is -0.155. The molecule has 6 aromatic carbocycles. The van der Waals surface area contributed by atoms with Crippen LogP contribution in [-0.4, -0.2) is 92.6 Å². The topological polar surface area (TPSA) is 229 Å².